The molecular formula is C67H145N9O. The van der Waals surface area contributed by atoms with Gasteiger partial charge in [-0.3, -0.25) is 14.7 Å². The van der Waals surface area contributed by atoms with E-state index in [2.05, 4.69) is 169 Å². The van der Waals surface area contributed by atoms with Crippen molar-refractivity contribution in [1.82, 2.24) is 44.5 Å². The lowest BCUT2D eigenvalue weighted by molar-refractivity contribution is 0.0238. The normalized spacial score (nSPS) is 22.1. The third kappa shape index (κ3) is 43.0. The molecule has 0 aromatic rings. The Hall–Kier alpha value is -0.400. The number of likely N-dealkylation sites (tertiary alicyclic amines) is 6. The highest BCUT2D eigenvalue weighted by molar-refractivity contribution is 4.80. The topological polar surface area (TPSA) is 47.2 Å². The molecule has 0 radical (unpaired) electrons. The van der Waals surface area contributed by atoms with E-state index < -0.39 is 0 Å². The summed E-state index contributed by atoms with van der Waals surface area (Å²) in [6.45, 7) is 71.2. The Balaban J connectivity index is 0.000000856. The van der Waals surface area contributed by atoms with Crippen LogP contribution in [-0.4, -0.2) is 220 Å². The quantitative estimate of drug-likeness (QED) is 0.229. The SMILES string of the molecule is C.CC(C)(C)N1CCCCC1.CC(C)(C)N1CCCCC1.CC(C)CN1CCCC1.CC(C)CN1CCCCC1.CC(C)CN1CCCCC1.CC(C)CN1CCNCC1.CC(C)N1CCCC1.CC(C)N1CCOCC1. The number of piperazine rings is 1. The van der Waals surface area contributed by atoms with Crippen LogP contribution in [0, 0.1) is 23.7 Å². The van der Waals surface area contributed by atoms with Crippen LogP contribution in [0.4, 0.5) is 0 Å². The Bertz CT molecular complexity index is 1150. The molecule has 0 amide bonds. The predicted octanol–water partition coefficient (Wildman–Crippen LogP) is 13.9. The number of hydrogen-bond donors (Lipinski definition) is 1. The molecule has 8 rings (SSSR count). The van der Waals surface area contributed by atoms with Gasteiger partial charge >= 0.3 is 0 Å². The van der Waals surface area contributed by atoms with Gasteiger partial charge in [-0.25, -0.2) is 0 Å². The number of rotatable bonds is 10. The Morgan fingerprint density at radius 2 is 0.545 bits per heavy atom. The maximum Gasteiger partial charge on any atom is 0.0594 e. The first-order chi connectivity index (χ1) is 36.0. The van der Waals surface area contributed by atoms with Crippen LogP contribution < -0.4 is 5.32 Å². The van der Waals surface area contributed by atoms with Crippen molar-refractivity contribution in [3.05, 3.63) is 0 Å². The minimum absolute atomic E-state index is 0. The highest BCUT2D eigenvalue weighted by atomic mass is 16.5. The molecule has 8 fully saturated rings. The second-order valence-corrected chi connectivity index (χ2v) is 28.4. The molecule has 1 N–H and O–H groups in total. The Morgan fingerprint density at radius 3 is 0.766 bits per heavy atom. The van der Waals surface area contributed by atoms with Crippen LogP contribution in [0.25, 0.3) is 0 Å². The maximum absolute atomic E-state index is 5.21. The average Bonchev–Trinajstić information content (AvgIpc) is 4.12. The summed E-state index contributed by atoms with van der Waals surface area (Å²) in [5.41, 5.74) is 0.806. The third-order valence-electron chi connectivity index (χ3n) is 16.1. The van der Waals surface area contributed by atoms with Gasteiger partial charge in [0.1, 0.15) is 0 Å². The molecule has 0 unspecified atom stereocenters. The van der Waals surface area contributed by atoms with Crippen molar-refractivity contribution < 1.29 is 4.74 Å². The summed E-state index contributed by atoms with van der Waals surface area (Å²) in [6.07, 6.45) is 22.8. The highest BCUT2D eigenvalue weighted by Gasteiger charge is 2.23. The minimum Gasteiger partial charge on any atom is -0.379 e. The van der Waals surface area contributed by atoms with Gasteiger partial charge in [0.25, 0.3) is 0 Å². The summed E-state index contributed by atoms with van der Waals surface area (Å²) in [5, 5.41) is 3.35. The molecule has 10 nitrogen and oxygen atoms in total. The first-order valence-electron chi connectivity index (χ1n) is 33.1. The molecule has 0 atom stereocenters. The Labute approximate surface area is 486 Å². The smallest absolute Gasteiger partial charge is 0.0594 e. The lowest BCUT2D eigenvalue weighted by atomic mass is 10.0. The second kappa shape index (κ2) is 46.0. The first kappa shape index (κ1) is 76.6. The van der Waals surface area contributed by atoms with E-state index in [9.17, 15) is 0 Å². The molecule has 77 heavy (non-hydrogen) atoms. The van der Waals surface area contributed by atoms with E-state index in [-0.39, 0.29) is 7.43 Å². The van der Waals surface area contributed by atoms with E-state index in [1.54, 1.807) is 0 Å². The molecule has 0 aromatic heterocycles. The fraction of sp³-hybridized carbons (Fsp3) is 1.00. The van der Waals surface area contributed by atoms with E-state index >= 15 is 0 Å². The van der Waals surface area contributed by atoms with Gasteiger partial charge < -0.3 is 34.6 Å². The van der Waals surface area contributed by atoms with E-state index in [0.29, 0.717) is 17.1 Å². The molecule has 0 aliphatic carbocycles. The predicted molar refractivity (Wildman–Crippen MR) is 345 cm³/mol. The first-order valence-corrected chi connectivity index (χ1v) is 33.1. The van der Waals surface area contributed by atoms with Crippen molar-refractivity contribution in [3.63, 3.8) is 0 Å². The van der Waals surface area contributed by atoms with Crippen molar-refractivity contribution >= 4 is 0 Å². The van der Waals surface area contributed by atoms with E-state index in [4.69, 9.17) is 4.74 Å². The van der Waals surface area contributed by atoms with E-state index in [1.807, 2.05) is 0 Å². The van der Waals surface area contributed by atoms with Crippen LogP contribution >= 0.6 is 0 Å². The van der Waals surface area contributed by atoms with Crippen LogP contribution in [0.5, 0.6) is 0 Å². The molecule has 10 heteroatoms. The van der Waals surface area contributed by atoms with Gasteiger partial charge in [-0.1, -0.05) is 88.5 Å². The van der Waals surface area contributed by atoms with Crippen LogP contribution in [-0.2, 0) is 4.74 Å². The second-order valence-electron chi connectivity index (χ2n) is 28.4. The standard InChI is InChI=1S/4C9H19N.C8H18N2.C8H17N.C7H15NO.C7H15N.CH4/c2*1-9(2,3)10-7-5-4-6-8-10;2*1-9(2)8-10-6-4-3-5-7-10;1-8(2)7-10-5-3-9-4-6-10;1-8(2)7-9-5-3-4-6-9;1-7(2)8-3-5-9-6-4-8;1-7(2)8-5-3-4-6-8;/h2*4-8H2,1-3H3;2*9H,3-8H2,1-2H3;8-9H,3-7H2,1-2H3;8H,3-7H2,1-2H3;7H,3-6H2,1-2H3;7H,3-6H2,1-2H3;1H4. The monoisotopic (exact) mass is 1090 g/mol. The van der Waals surface area contributed by atoms with E-state index in [1.165, 1.54) is 234 Å². The van der Waals surface area contributed by atoms with E-state index in [0.717, 1.165) is 56.0 Å². The lowest BCUT2D eigenvalue weighted by Gasteiger charge is -2.38. The molecule has 8 heterocycles. The summed E-state index contributed by atoms with van der Waals surface area (Å²) in [4.78, 5) is 20.4. The number of hydrogen-bond acceptors (Lipinski definition) is 10. The summed E-state index contributed by atoms with van der Waals surface area (Å²) in [5.74, 6) is 3.36. The molecule has 8 saturated heterocycles. The largest absolute Gasteiger partial charge is 0.379 e. The Kier molecular flexibility index (Phi) is 45.8. The van der Waals surface area contributed by atoms with Crippen molar-refractivity contribution in [3.8, 4) is 0 Å². The van der Waals surface area contributed by atoms with Gasteiger partial charge in [0.15, 0.2) is 0 Å². The Morgan fingerprint density at radius 1 is 0.312 bits per heavy atom. The molecule has 8 aliphatic heterocycles. The summed E-state index contributed by atoms with van der Waals surface area (Å²) in [6, 6.07) is 1.46. The average molecular weight is 1090 g/mol. The summed E-state index contributed by atoms with van der Waals surface area (Å²) >= 11 is 0. The van der Waals surface area contributed by atoms with Gasteiger partial charge in [-0.05, 0) is 248 Å². The number of nitrogens with one attached hydrogen (secondary N) is 1. The molecule has 8 aliphatic rings. The van der Waals surface area contributed by atoms with Gasteiger partial charge in [-0.15, -0.1) is 0 Å². The van der Waals surface area contributed by atoms with Crippen molar-refractivity contribution in [1.29, 1.82) is 0 Å². The number of morpholine rings is 1. The summed E-state index contributed by atoms with van der Waals surface area (Å²) in [7, 11) is 0. The molecule has 464 valence electrons. The molecular weight excluding hydrogens is 947 g/mol. The van der Waals surface area contributed by atoms with Gasteiger partial charge in [-0.2, -0.15) is 0 Å². The van der Waals surface area contributed by atoms with Crippen molar-refractivity contribution in [2.45, 2.75) is 258 Å². The van der Waals surface area contributed by atoms with Crippen LogP contribution in [0.3, 0.4) is 0 Å². The highest BCUT2D eigenvalue weighted by Crippen LogP contribution is 2.21. The fourth-order valence-electron chi connectivity index (χ4n) is 11.7. The molecule has 0 spiro atoms. The van der Waals surface area contributed by atoms with Crippen LogP contribution in [0.1, 0.15) is 235 Å². The number of piperidine rings is 4. The van der Waals surface area contributed by atoms with Gasteiger partial charge in [0.2, 0.25) is 0 Å². The zero-order valence-electron chi connectivity index (χ0n) is 55.2. The van der Waals surface area contributed by atoms with Gasteiger partial charge in [0.05, 0.1) is 13.2 Å². The maximum atomic E-state index is 5.21. The lowest BCUT2D eigenvalue weighted by Crippen LogP contribution is -2.44. The van der Waals surface area contributed by atoms with Crippen molar-refractivity contribution in [2.24, 2.45) is 23.7 Å². The molecule has 0 bridgehead atoms. The fourth-order valence-corrected chi connectivity index (χ4v) is 11.7. The number of ether oxygens (including phenoxy) is 1. The molecule has 0 aromatic carbocycles. The third-order valence-corrected chi connectivity index (χ3v) is 16.1. The number of nitrogens with zero attached hydrogens (tertiary/aromatic N) is 8. The van der Waals surface area contributed by atoms with Crippen LogP contribution in [0.2, 0.25) is 0 Å². The molecule has 0 saturated carbocycles. The van der Waals surface area contributed by atoms with Crippen LogP contribution in [0.15, 0.2) is 0 Å². The summed E-state index contributed by atoms with van der Waals surface area (Å²) < 4.78 is 5.21. The minimum atomic E-state index is 0. The van der Waals surface area contributed by atoms with Gasteiger partial charge in [0, 0.05) is 88.6 Å². The zero-order chi connectivity index (χ0) is 56.8. The van der Waals surface area contributed by atoms with Crippen molar-refractivity contribution in [2.75, 3.05) is 157 Å². The zero-order valence-corrected chi connectivity index (χ0v) is 55.2.